The molecule has 0 amide bonds. The Morgan fingerprint density at radius 2 is 1.43 bits per heavy atom. The molecule has 0 aromatic carbocycles. The van der Waals surface area contributed by atoms with Gasteiger partial charge in [-0.3, -0.25) is 4.90 Å². The van der Waals surface area contributed by atoms with Crippen LogP contribution in [0.2, 0.25) is 0 Å². The summed E-state index contributed by atoms with van der Waals surface area (Å²) in [6.45, 7) is 2.23. The van der Waals surface area contributed by atoms with Crippen molar-refractivity contribution in [3.63, 3.8) is 0 Å². The molecule has 0 aliphatic carbocycles. The summed E-state index contributed by atoms with van der Waals surface area (Å²) in [5.41, 5.74) is 0. The summed E-state index contributed by atoms with van der Waals surface area (Å²) in [4.78, 5) is 1.77. The number of aliphatic hydroxyl groups excluding tert-OH is 4. The minimum Gasteiger partial charge on any atom is -0.395 e. The fourth-order valence-electron chi connectivity index (χ4n) is 2.11. The molecule has 4 N–H and O–H groups in total. The maximum absolute atomic E-state index is 9.59. The second-order valence-electron chi connectivity index (χ2n) is 3.72. The summed E-state index contributed by atoms with van der Waals surface area (Å²) in [6.07, 6.45) is -1.08. The van der Waals surface area contributed by atoms with Gasteiger partial charge in [-0.25, -0.2) is 0 Å². The molecule has 84 valence electrons. The van der Waals surface area contributed by atoms with Gasteiger partial charge in [-0.2, -0.15) is 0 Å². The van der Waals surface area contributed by atoms with Crippen LogP contribution in [0.25, 0.3) is 0 Å². The van der Waals surface area contributed by atoms with Crippen LogP contribution in [0.3, 0.4) is 0 Å². The van der Waals surface area contributed by atoms with Crippen molar-refractivity contribution in [3.05, 3.63) is 0 Å². The monoisotopic (exact) mass is 205 g/mol. The van der Waals surface area contributed by atoms with Crippen molar-refractivity contribution in [2.45, 2.75) is 37.6 Å². The predicted octanol–water partition coefficient (Wildman–Crippen LogP) is -1.84. The Labute approximate surface area is 83.6 Å². The molecule has 0 aromatic rings. The van der Waals surface area contributed by atoms with Crippen LogP contribution in [-0.2, 0) is 0 Å². The van der Waals surface area contributed by atoms with E-state index in [0.717, 1.165) is 6.42 Å². The van der Waals surface area contributed by atoms with Gasteiger partial charge in [-0.1, -0.05) is 6.92 Å². The van der Waals surface area contributed by atoms with Crippen LogP contribution in [0.1, 0.15) is 13.3 Å². The molecule has 1 saturated heterocycles. The van der Waals surface area contributed by atoms with Gasteiger partial charge in [0, 0.05) is 0 Å². The zero-order chi connectivity index (χ0) is 10.7. The SMILES string of the molecule is CCCN1C(CO)C(O)C(O)C1CO. The van der Waals surface area contributed by atoms with Crippen LogP contribution >= 0.6 is 0 Å². The van der Waals surface area contributed by atoms with Crippen molar-refractivity contribution in [1.29, 1.82) is 0 Å². The van der Waals surface area contributed by atoms with Crippen molar-refractivity contribution in [2.24, 2.45) is 0 Å². The minimum absolute atomic E-state index is 0.200. The summed E-state index contributed by atoms with van der Waals surface area (Å²) < 4.78 is 0. The summed E-state index contributed by atoms with van der Waals surface area (Å²) in [5, 5.41) is 37.3. The fraction of sp³-hybridized carbons (Fsp3) is 1.00. The molecule has 4 atom stereocenters. The Hall–Kier alpha value is -0.200. The molecule has 5 nitrogen and oxygen atoms in total. The molecule has 0 bridgehead atoms. The van der Waals surface area contributed by atoms with E-state index < -0.39 is 24.3 Å². The smallest absolute Gasteiger partial charge is 0.0992 e. The summed E-state index contributed by atoms with van der Waals surface area (Å²) >= 11 is 0. The van der Waals surface area contributed by atoms with Gasteiger partial charge in [-0.15, -0.1) is 0 Å². The standard InChI is InChI=1S/C9H19NO4/c1-2-3-10-6(4-11)8(13)9(14)7(10)5-12/h6-9,11-14H,2-5H2,1H3. The largest absolute Gasteiger partial charge is 0.395 e. The summed E-state index contributed by atoms with van der Waals surface area (Å²) in [7, 11) is 0. The lowest BCUT2D eigenvalue weighted by atomic mass is 10.1. The fourth-order valence-corrected chi connectivity index (χ4v) is 2.11. The van der Waals surface area contributed by atoms with E-state index in [4.69, 9.17) is 10.2 Å². The van der Waals surface area contributed by atoms with Gasteiger partial charge in [-0.05, 0) is 13.0 Å². The third kappa shape index (κ3) is 1.92. The average molecular weight is 205 g/mol. The molecule has 1 aliphatic rings. The first-order chi connectivity index (χ1) is 6.67. The lowest BCUT2D eigenvalue weighted by Crippen LogP contribution is -2.43. The average Bonchev–Trinajstić information content (AvgIpc) is 2.40. The first-order valence-electron chi connectivity index (χ1n) is 5.01. The summed E-state index contributed by atoms with van der Waals surface area (Å²) in [5.74, 6) is 0. The molecule has 1 fully saturated rings. The van der Waals surface area contributed by atoms with Crippen LogP contribution < -0.4 is 0 Å². The maximum Gasteiger partial charge on any atom is 0.0992 e. The normalized spacial score (nSPS) is 39.2. The molecule has 0 spiro atoms. The second kappa shape index (κ2) is 5.04. The molecule has 4 unspecified atom stereocenters. The highest BCUT2D eigenvalue weighted by atomic mass is 16.3. The molecule has 5 heteroatoms. The van der Waals surface area contributed by atoms with Gasteiger partial charge in [0.15, 0.2) is 0 Å². The van der Waals surface area contributed by atoms with Crippen LogP contribution in [-0.4, -0.2) is 69.4 Å². The lowest BCUT2D eigenvalue weighted by Gasteiger charge is -2.27. The Kier molecular flexibility index (Phi) is 4.28. The van der Waals surface area contributed by atoms with E-state index in [1.807, 2.05) is 6.92 Å². The molecule has 0 aromatic heterocycles. The molecule has 0 radical (unpaired) electrons. The van der Waals surface area contributed by atoms with E-state index in [1.54, 1.807) is 4.90 Å². The van der Waals surface area contributed by atoms with Crippen LogP contribution in [0.15, 0.2) is 0 Å². The van der Waals surface area contributed by atoms with Crippen molar-refractivity contribution < 1.29 is 20.4 Å². The molecular formula is C9H19NO4. The number of hydrogen-bond acceptors (Lipinski definition) is 5. The van der Waals surface area contributed by atoms with Gasteiger partial charge in [0.25, 0.3) is 0 Å². The van der Waals surface area contributed by atoms with Crippen LogP contribution in [0, 0.1) is 0 Å². The van der Waals surface area contributed by atoms with E-state index >= 15 is 0 Å². The lowest BCUT2D eigenvalue weighted by molar-refractivity contribution is 0.0130. The highest BCUT2D eigenvalue weighted by molar-refractivity contribution is 5.00. The third-order valence-corrected chi connectivity index (χ3v) is 2.85. The zero-order valence-electron chi connectivity index (χ0n) is 8.37. The Balaban J connectivity index is 2.74. The predicted molar refractivity (Wildman–Crippen MR) is 50.8 cm³/mol. The number of nitrogens with zero attached hydrogens (tertiary/aromatic N) is 1. The maximum atomic E-state index is 9.59. The first-order valence-corrected chi connectivity index (χ1v) is 5.01. The topological polar surface area (TPSA) is 84.2 Å². The Morgan fingerprint density at radius 1 is 1.00 bits per heavy atom. The Bertz CT molecular complexity index is 162. The van der Waals surface area contributed by atoms with Crippen molar-refractivity contribution in [3.8, 4) is 0 Å². The van der Waals surface area contributed by atoms with Gasteiger partial charge in [0.2, 0.25) is 0 Å². The molecule has 0 saturated carbocycles. The van der Waals surface area contributed by atoms with Gasteiger partial charge >= 0.3 is 0 Å². The highest BCUT2D eigenvalue weighted by Gasteiger charge is 2.46. The molecule has 1 heterocycles. The molecular weight excluding hydrogens is 186 g/mol. The van der Waals surface area contributed by atoms with Gasteiger partial charge in [0.05, 0.1) is 37.5 Å². The number of likely N-dealkylation sites (tertiary alicyclic amines) is 1. The molecule has 1 aliphatic heterocycles. The van der Waals surface area contributed by atoms with E-state index in [1.165, 1.54) is 0 Å². The Morgan fingerprint density at radius 3 is 1.71 bits per heavy atom. The molecule has 1 rings (SSSR count). The van der Waals surface area contributed by atoms with Crippen LogP contribution in [0.5, 0.6) is 0 Å². The third-order valence-electron chi connectivity index (χ3n) is 2.85. The summed E-state index contributed by atoms with van der Waals surface area (Å²) in [6, 6.07) is -0.913. The van der Waals surface area contributed by atoms with E-state index in [9.17, 15) is 10.2 Å². The quantitative estimate of drug-likeness (QED) is 0.433. The second-order valence-corrected chi connectivity index (χ2v) is 3.72. The van der Waals surface area contributed by atoms with E-state index in [2.05, 4.69) is 0 Å². The number of rotatable bonds is 4. The highest BCUT2D eigenvalue weighted by Crippen LogP contribution is 2.24. The zero-order valence-corrected chi connectivity index (χ0v) is 8.37. The van der Waals surface area contributed by atoms with Crippen LogP contribution in [0.4, 0.5) is 0 Å². The number of hydrogen-bond donors (Lipinski definition) is 4. The van der Waals surface area contributed by atoms with Crippen molar-refractivity contribution >= 4 is 0 Å². The van der Waals surface area contributed by atoms with Crippen molar-refractivity contribution in [1.82, 2.24) is 4.90 Å². The van der Waals surface area contributed by atoms with Gasteiger partial charge in [0.1, 0.15) is 0 Å². The van der Waals surface area contributed by atoms with E-state index in [-0.39, 0.29) is 13.2 Å². The molecule has 14 heavy (non-hydrogen) atoms. The van der Waals surface area contributed by atoms with Crippen molar-refractivity contribution in [2.75, 3.05) is 19.8 Å². The minimum atomic E-state index is -0.969. The number of aliphatic hydroxyl groups is 4. The first kappa shape index (κ1) is 11.9. The van der Waals surface area contributed by atoms with Gasteiger partial charge < -0.3 is 20.4 Å². The van der Waals surface area contributed by atoms with E-state index in [0.29, 0.717) is 6.54 Å².